The standard InChI is InChI=1S/C50H90N4O14/c1-19-37-49(15)42(54(25-30(7)55)46(59)68-49)32(9)39(56)29(6)23-47(13,61-17)43(67-45-40(57)36(51)22-31(8)63-45)33(10)41(34(11)44(58)65-37)66-38-24-48(14,62-18)50(60,35(12)64-38)26-52(16)20-21-53(27(2)3)28(4)5/h27-29,31-38,40-43,45,57,60H,19-26,51H2,1-18H3/t29-,31-,32+,33+,34-,35+,36+,37-,38+,40?,41+,42-,43-,45+,47+,48-,49-,50-/m1/s1. The number of Topliss-reactive ketones (excluding diaryl/α,β-unsaturated/α-hetero) is 2. The van der Waals surface area contributed by atoms with Gasteiger partial charge < -0.3 is 58.7 Å². The first-order chi connectivity index (χ1) is 31.4. The van der Waals surface area contributed by atoms with Gasteiger partial charge >= 0.3 is 12.1 Å². The second-order valence-corrected chi connectivity index (χ2v) is 21.9. The van der Waals surface area contributed by atoms with Crippen molar-refractivity contribution in [1.82, 2.24) is 14.7 Å². The smallest absolute Gasteiger partial charge is 0.411 e. The van der Waals surface area contributed by atoms with Crippen LogP contribution >= 0.6 is 0 Å². The average molecular weight is 971 g/mol. The van der Waals surface area contributed by atoms with E-state index in [9.17, 15) is 29.4 Å². The number of aliphatic hydroxyl groups excluding tert-OH is 1. The second kappa shape index (κ2) is 23.0. The first kappa shape index (κ1) is 58.2. The maximum absolute atomic E-state index is 14.9. The Kier molecular flexibility index (Phi) is 19.7. The van der Waals surface area contributed by atoms with Gasteiger partial charge in [-0.05, 0) is 102 Å². The minimum Gasteiger partial charge on any atom is -0.458 e. The van der Waals surface area contributed by atoms with Gasteiger partial charge in [-0.3, -0.25) is 24.2 Å². The molecule has 18 heteroatoms. The van der Waals surface area contributed by atoms with Crippen LogP contribution in [0.25, 0.3) is 0 Å². The number of ether oxygens (including phenoxy) is 8. The molecule has 0 spiro atoms. The topological polar surface area (TPSA) is 218 Å². The van der Waals surface area contributed by atoms with Crippen molar-refractivity contribution in [3.63, 3.8) is 0 Å². The summed E-state index contributed by atoms with van der Waals surface area (Å²) in [6.07, 6.45) is -7.97. The quantitative estimate of drug-likeness (QED) is 0.184. The Hall–Kier alpha value is -2.36. The molecule has 4 N–H and O–H groups in total. The summed E-state index contributed by atoms with van der Waals surface area (Å²) in [5.41, 5.74) is 0.831. The molecule has 4 aliphatic heterocycles. The van der Waals surface area contributed by atoms with Gasteiger partial charge in [-0.2, -0.15) is 0 Å². The highest BCUT2D eigenvalue weighted by molar-refractivity contribution is 5.87. The molecule has 4 heterocycles. The van der Waals surface area contributed by atoms with E-state index in [1.165, 1.54) is 18.9 Å². The summed E-state index contributed by atoms with van der Waals surface area (Å²) in [5, 5.41) is 24.1. The fraction of sp³-hybridized carbons (Fsp3) is 0.920. The predicted octanol–water partition coefficient (Wildman–Crippen LogP) is 4.31. The van der Waals surface area contributed by atoms with Crippen LogP contribution in [0.4, 0.5) is 4.79 Å². The normalized spacial score (nSPS) is 42.4. The lowest BCUT2D eigenvalue weighted by atomic mass is 9.73. The first-order valence-electron chi connectivity index (χ1n) is 25.0. The Morgan fingerprint density at radius 1 is 0.926 bits per heavy atom. The molecular formula is C50H90N4O14. The fourth-order valence-corrected chi connectivity index (χ4v) is 11.8. The minimum absolute atomic E-state index is 0.0554. The molecule has 4 aliphatic rings. The number of carbonyl (C=O) groups excluding carboxylic acids is 4. The SMILES string of the molecule is CC[C@H]1OC(=O)[C@H](C)[C@@H](O[C@H]2C[C@@](C)(OC)[C@@](O)(CN(C)CCN(C(C)C)C(C)C)[C@H](C)O2)[C@H](C)[C@@H](O[C@@H]2O[C@H](C)C[C@H](N)C2O)[C@@](C)(OC)C[C@@H](C)C(=O)[C@H](C)[C@H]2N(CC(C)=O)C(=O)O[C@]12C. The highest BCUT2D eigenvalue weighted by Gasteiger charge is 2.62. The summed E-state index contributed by atoms with van der Waals surface area (Å²) >= 11 is 0. The van der Waals surface area contributed by atoms with Crippen molar-refractivity contribution in [3.05, 3.63) is 0 Å². The van der Waals surface area contributed by atoms with Gasteiger partial charge in [0.05, 0.1) is 48.5 Å². The lowest BCUT2D eigenvalue weighted by Gasteiger charge is -2.54. The molecule has 4 saturated heterocycles. The summed E-state index contributed by atoms with van der Waals surface area (Å²) < 4.78 is 51.8. The van der Waals surface area contributed by atoms with E-state index in [1.54, 1.807) is 55.6 Å². The summed E-state index contributed by atoms with van der Waals surface area (Å²) in [4.78, 5) is 61.8. The van der Waals surface area contributed by atoms with Crippen molar-refractivity contribution in [3.8, 4) is 0 Å². The number of nitrogens with two attached hydrogens (primary N) is 1. The summed E-state index contributed by atoms with van der Waals surface area (Å²) in [6.45, 7) is 29.1. The van der Waals surface area contributed by atoms with Crippen LogP contribution in [0.15, 0.2) is 0 Å². The lowest BCUT2D eigenvalue weighted by molar-refractivity contribution is -0.338. The zero-order valence-corrected chi connectivity index (χ0v) is 44.6. The van der Waals surface area contributed by atoms with E-state index in [0.29, 0.717) is 25.0 Å². The zero-order chi connectivity index (χ0) is 51.6. The van der Waals surface area contributed by atoms with Crippen LogP contribution in [0.1, 0.15) is 130 Å². The van der Waals surface area contributed by atoms with Gasteiger partial charge in [0.1, 0.15) is 35.0 Å². The third-order valence-electron chi connectivity index (χ3n) is 16.0. The fourth-order valence-electron chi connectivity index (χ4n) is 11.8. The summed E-state index contributed by atoms with van der Waals surface area (Å²) in [6, 6.07) is -0.974. The Morgan fingerprint density at radius 2 is 1.54 bits per heavy atom. The molecule has 0 aromatic rings. The Bertz CT molecular complexity index is 1720. The van der Waals surface area contributed by atoms with Crippen LogP contribution in [0.2, 0.25) is 0 Å². The number of esters is 1. The monoisotopic (exact) mass is 971 g/mol. The van der Waals surface area contributed by atoms with Crippen molar-refractivity contribution < 1.29 is 67.3 Å². The molecule has 1 amide bonds. The second-order valence-electron chi connectivity index (χ2n) is 21.9. The molecule has 1 unspecified atom stereocenters. The highest BCUT2D eigenvalue weighted by Crippen LogP contribution is 2.46. The molecule has 4 rings (SSSR count). The number of nitrogens with zero attached hydrogens (tertiary/aromatic N) is 3. The van der Waals surface area contributed by atoms with Gasteiger partial charge in [0, 0.05) is 76.2 Å². The highest BCUT2D eigenvalue weighted by atomic mass is 16.7. The first-order valence-corrected chi connectivity index (χ1v) is 25.0. The molecule has 0 bridgehead atoms. The van der Waals surface area contributed by atoms with Gasteiger partial charge in [0.25, 0.3) is 0 Å². The van der Waals surface area contributed by atoms with Crippen LogP contribution in [-0.4, -0.2) is 192 Å². The van der Waals surface area contributed by atoms with E-state index >= 15 is 0 Å². The molecule has 0 aromatic heterocycles. The van der Waals surface area contributed by atoms with Gasteiger partial charge in [0.2, 0.25) is 0 Å². The maximum atomic E-state index is 14.9. The minimum atomic E-state index is -1.54. The lowest BCUT2D eigenvalue weighted by Crippen LogP contribution is -2.70. The maximum Gasteiger partial charge on any atom is 0.411 e. The van der Waals surface area contributed by atoms with E-state index in [-0.39, 0.29) is 50.0 Å². The number of fused-ring (bicyclic) bond motifs is 1. The van der Waals surface area contributed by atoms with Crippen molar-refractivity contribution in [2.75, 3.05) is 47.4 Å². The van der Waals surface area contributed by atoms with Crippen LogP contribution < -0.4 is 5.73 Å². The molecule has 0 aromatic carbocycles. The molecule has 0 radical (unpaired) electrons. The largest absolute Gasteiger partial charge is 0.458 e. The number of carbonyl (C=O) groups is 4. The Balaban J connectivity index is 1.84. The summed E-state index contributed by atoms with van der Waals surface area (Å²) in [7, 11) is 5.02. The van der Waals surface area contributed by atoms with E-state index in [0.717, 1.165) is 6.54 Å². The number of methoxy groups -OCH3 is 2. The summed E-state index contributed by atoms with van der Waals surface area (Å²) in [5.74, 6) is -4.74. The molecule has 0 aliphatic carbocycles. The number of aliphatic hydroxyl groups is 2. The number of amides is 1. The number of rotatable bonds is 16. The number of cyclic esters (lactones) is 1. The third kappa shape index (κ3) is 12.1. The van der Waals surface area contributed by atoms with Gasteiger partial charge in [-0.1, -0.05) is 27.7 Å². The van der Waals surface area contributed by atoms with Crippen molar-refractivity contribution in [2.45, 2.75) is 225 Å². The van der Waals surface area contributed by atoms with Gasteiger partial charge in [-0.15, -0.1) is 0 Å². The molecular weight excluding hydrogens is 881 g/mol. The van der Waals surface area contributed by atoms with E-state index in [2.05, 4.69) is 37.5 Å². The predicted molar refractivity (Wildman–Crippen MR) is 254 cm³/mol. The number of ketones is 2. The average Bonchev–Trinajstić information content (AvgIpc) is 3.50. The Morgan fingerprint density at radius 3 is 2.09 bits per heavy atom. The van der Waals surface area contributed by atoms with E-state index in [4.69, 9.17) is 43.6 Å². The third-order valence-corrected chi connectivity index (χ3v) is 16.0. The molecule has 4 fully saturated rings. The molecule has 68 heavy (non-hydrogen) atoms. The molecule has 18 nitrogen and oxygen atoms in total. The van der Waals surface area contributed by atoms with Crippen LogP contribution in [0.5, 0.6) is 0 Å². The zero-order valence-electron chi connectivity index (χ0n) is 44.6. The van der Waals surface area contributed by atoms with Gasteiger partial charge in [-0.25, -0.2) is 4.79 Å². The van der Waals surface area contributed by atoms with Crippen LogP contribution in [0.3, 0.4) is 0 Å². The molecule has 394 valence electrons. The molecule has 18 atom stereocenters. The van der Waals surface area contributed by atoms with Gasteiger partial charge in [0.15, 0.2) is 18.2 Å². The number of likely N-dealkylation sites (N-methyl/N-ethyl adjacent to an activating group) is 1. The van der Waals surface area contributed by atoms with Crippen LogP contribution in [-0.2, 0) is 52.3 Å². The van der Waals surface area contributed by atoms with E-state index < -0.39 is 113 Å². The molecule has 0 saturated carbocycles. The number of hydrogen-bond donors (Lipinski definition) is 3. The van der Waals surface area contributed by atoms with Crippen molar-refractivity contribution in [1.29, 1.82) is 0 Å². The van der Waals surface area contributed by atoms with Crippen molar-refractivity contribution >= 4 is 23.6 Å². The van der Waals surface area contributed by atoms with E-state index in [1.807, 2.05) is 27.8 Å². The number of hydrogen-bond acceptors (Lipinski definition) is 17. The Labute approximate surface area is 406 Å². The van der Waals surface area contributed by atoms with Crippen LogP contribution in [0, 0.1) is 23.7 Å². The van der Waals surface area contributed by atoms with Crippen molar-refractivity contribution in [2.24, 2.45) is 29.4 Å².